The van der Waals surface area contributed by atoms with Crippen LogP contribution >= 0.6 is 27.3 Å². The van der Waals surface area contributed by atoms with Crippen LogP contribution in [0.25, 0.3) is 0 Å². The van der Waals surface area contributed by atoms with E-state index in [0.717, 1.165) is 23.2 Å². The molecule has 20 heavy (non-hydrogen) atoms. The van der Waals surface area contributed by atoms with E-state index in [0.29, 0.717) is 4.88 Å². The van der Waals surface area contributed by atoms with Crippen molar-refractivity contribution in [3.8, 4) is 0 Å². The summed E-state index contributed by atoms with van der Waals surface area (Å²) in [5, 5.41) is 11.8. The molecule has 0 aromatic carbocycles. The van der Waals surface area contributed by atoms with Crippen LogP contribution in [0, 0.1) is 0 Å². The number of hydrogen-bond donors (Lipinski definition) is 2. The first-order valence-electron chi connectivity index (χ1n) is 6.51. The fraction of sp³-hybridized carbons (Fsp3) is 0.538. The summed E-state index contributed by atoms with van der Waals surface area (Å²) < 4.78 is 0.938. The smallest absolute Gasteiger partial charge is 0.317 e. The van der Waals surface area contributed by atoms with E-state index in [1.165, 1.54) is 11.3 Å². The molecule has 0 atom stereocenters. The first kappa shape index (κ1) is 15.5. The van der Waals surface area contributed by atoms with Crippen LogP contribution in [-0.4, -0.2) is 47.1 Å². The van der Waals surface area contributed by atoms with Crippen LogP contribution < -0.4 is 5.32 Å². The number of nitrogens with zero attached hydrogens (tertiary/aromatic N) is 1. The van der Waals surface area contributed by atoms with Gasteiger partial charge in [-0.05, 0) is 47.4 Å². The molecule has 2 rings (SSSR count). The average Bonchev–Trinajstić information content (AvgIpc) is 2.77. The number of halogens is 1. The summed E-state index contributed by atoms with van der Waals surface area (Å²) in [5.41, 5.74) is 0. The molecule has 5 nitrogen and oxygen atoms in total. The largest absolute Gasteiger partial charge is 0.480 e. The lowest BCUT2D eigenvalue weighted by Crippen LogP contribution is -2.54. The summed E-state index contributed by atoms with van der Waals surface area (Å²) >= 11 is 4.74. The summed E-state index contributed by atoms with van der Waals surface area (Å²) in [6, 6.07) is 4.06. The number of carbonyl (C=O) groups excluding carboxylic acids is 1. The van der Waals surface area contributed by atoms with E-state index < -0.39 is 5.97 Å². The van der Waals surface area contributed by atoms with Crippen molar-refractivity contribution in [2.75, 3.05) is 13.1 Å². The Morgan fingerprint density at radius 3 is 2.70 bits per heavy atom. The van der Waals surface area contributed by atoms with Gasteiger partial charge in [-0.25, -0.2) is 0 Å². The summed E-state index contributed by atoms with van der Waals surface area (Å²) in [5.74, 6) is -0.854. The molecule has 0 radical (unpaired) electrons. The number of hydrogen-bond acceptors (Lipinski definition) is 4. The molecule has 1 saturated carbocycles. The second-order valence-electron chi connectivity index (χ2n) is 4.86. The van der Waals surface area contributed by atoms with Gasteiger partial charge in [0.25, 0.3) is 5.91 Å². The van der Waals surface area contributed by atoms with Gasteiger partial charge in [0.05, 0.1) is 15.2 Å². The van der Waals surface area contributed by atoms with E-state index in [2.05, 4.69) is 21.2 Å². The molecule has 7 heteroatoms. The number of carboxylic acids is 1. The molecule has 1 amide bonds. The zero-order valence-electron chi connectivity index (χ0n) is 11.1. The number of nitrogens with one attached hydrogen (secondary N) is 1. The summed E-state index contributed by atoms with van der Waals surface area (Å²) in [6.07, 6.45) is 1.64. The highest BCUT2D eigenvalue weighted by Crippen LogP contribution is 2.27. The van der Waals surface area contributed by atoms with Crippen LogP contribution in [0.5, 0.6) is 0 Å². The molecule has 110 valence electrons. The Morgan fingerprint density at radius 2 is 2.20 bits per heavy atom. The molecule has 1 fully saturated rings. The first-order chi connectivity index (χ1) is 9.49. The van der Waals surface area contributed by atoms with E-state index in [4.69, 9.17) is 5.11 Å². The van der Waals surface area contributed by atoms with Crippen molar-refractivity contribution < 1.29 is 14.7 Å². The maximum atomic E-state index is 12.0. The second kappa shape index (κ2) is 6.69. The van der Waals surface area contributed by atoms with E-state index in [9.17, 15) is 9.59 Å². The van der Waals surface area contributed by atoms with Gasteiger partial charge in [0.1, 0.15) is 0 Å². The number of amides is 1. The third-order valence-corrected chi connectivity index (χ3v) is 5.13. The second-order valence-corrected chi connectivity index (χ2v) is 7.32. The first-order valence-corrected chi connectivity index (χ1v) is 8.12. The van der Waals surface area contributed by atoms with Crippen LogP contribution in [0.2, 0.25) is 0 Å². The van der Waals surface area contributed by atoms with Crippen molar-refractivity contribution in [2.24, 2.45) is 0 Å². The molecule has 0 saturated heterocycles. The number of aliphatic carboxylic acids is 1. The van der Waals surface area contributed by atoms with Crippen molar-refractivity contribution in [2.45, 2.75) is 31.8 Å². The SMILES string of the molecule is CCN(CC(=O)O)C1CC(NC(=O)c2ccc(Br)s2)C1. The van der Waals surface area contributed by atoms with Crippen LogP contribution in [0.1, 0.15) is 29.4 Å². The maximum absolute atomic E-state index is 12.0. The van der Waals surface area contributed by atoms with Gasteiger partial charge < -0.3 is 10.4 Å². The molecule has 1 aromatic rings. The summed E-state index contributed by atoms with van der Waals surface area (Å²) in [4.78, 5) is 25.3. The van der Waals surface area contributed by atoms with Crippen molar-refractivity contribution in [1.82, 2.24) is 10.2 Å². The number of carboxylic acid groups (broad SMARTS) is 1. The van der Waals surface area contributed by atoms with Crippen molar-refractivity contribution in [1.29, 1.82) is 0 Å². The topological polar surface area (TPSA) is 69.6 Å². The van der Waals surface area contributed by atoms with Crippen LogP contribution in [0.4, 0.5) is 0 Å². The third kappa shape index (κ3) is 3.80. The van der Waals surface area contributed by atoms with Crippen LogP contribution in [0.3, 0.4) is 0 Å². The highest BCUT2D eigenvalue weighted by molar-refractivity contribution is 9.11. The molecule has 1 aliphatic rings. The standard InChI is InChI=1S/C13H17BrN2O3S/c1-2-16(7-12(17)18)9-5-8(6-9)15-13(19)10-3-4-11(14)20-10/h3-4,8-9H,2,5-7H2,1H3,(H,15,19)(H,17,18). The van der Waals surface area contributed by atoms with Gasteiger partial charge in [0.2, 0.25) is 0 Å². The number of likely N-dealkylation sites (N-methyl/N-ethyl adjacent to an activating group) is 1. The quantitative estimate of drug-likeness (QED) is 0.815. The fourth-order valence-corrected chi connectivity index (χ4v) is 3.66. The Balaban J connectivity index is 1.78. The van der Waals surface area contributed by atoms with E-state index in [-0.39, 0.29) is 24.5 Å². The Hall–Kier alpha value is -0.920. The fourth-order valence-electron chi connectivity index (χ4n) is 2.37. The lowest BCUT2D eigenvalue weighted by atomic mass is 9.85. The van der Waals surface area contributed by atoms with Gasteiger partial charge in [0.15, 0.2) is 0 Å². The molecular weight excluding hydrogens is 344 g/mol. The molecule has 1 aliphatic carbocycles. The zero-order chi connectivity index (χ0) is 14.7. The Bertz CT molecular complexity index is 500. The van der Waals surface area contributed by atoms with Crippen LogP contribution in [0.15, 0.2) is 15.9 Å². The van der Waals surface area contributed by atoms with Gasteiger partial charge in [0, 0.05) is 12.1 Å². The molecule has 1 aromatic heterocycles. The zero-order valence-corrected chi connectivity index (χ0v) is 13.5. The highest BCUT2D eigenvalue weighted by atomic mass is 79.9. The highest BCUT2D eigenvalue weighted by Gasteiger charge is 2.34. The van der Waals surface area contributed by atoms with Gasteiger partial charge in [-0.15, -0.1) is 11.3 Å². The molecule has 0 spiro atoms. The Kier molecular flexibility index (Phi) is 5.17. The molecule has 0 bridgehead atoms. The normalized spacial score (nSPS) is 21.6. The van der Waals surface area contributed by atoms with Crippen molar-refractivity contribution in [3.05, 3.63) is 20.8 Å². The molecule has 1 heterocycles. The van der Waals surface area contributed by atoms with Crippen LogP contribution in [-0.2, 0) is 4.79 Å². The molecule has 0 aliphatic heterocycles. The monoisotopic (exact) mass is 360 g/mol. The summed E-state index contributed by atoms with van der Waals surface area (Å²) in [6.45, 7) is 2.74. The van der Waals surface area contributed by atoms with Crippen molar-refractivity contribution >= 4 is 39.1 Å². The minimum absolute atomic E-state index is 0.0505. The maximum Gasteiger partial charge on any atom is 0.317 e. The third-order valence-electron chi connectivity index (χ3n) is 3.51. The minimum Gasteiger partial charge on any atom is -0.480 e. The average molecular weight is 361 g/mol. The van der Waals surface area contributed by atoms with Gasteiger partial charge in [-0.2, -0.15) is 0 Å². The lowest BCUT2D eigenvalue weighted by molar-refractivity contribution is -0.139. The van der Waals surface area contributed by atoms with Gasteiger partial charge in [-0.3, -0.25) is 14.5 Å². The predicted molar refractivity (Wildman–Crippen MR) is 81.2 cm³/mol. The van der Waals surface area contributed by atoms with Gasteiger partial charge in [-0.1, -0.05) is 6.92 Å². The van der Waals surface area contributed by atoms with E-state index in [1.807, 2.05) is 17.9 Å². The van der Waals surface area contributed by atoms with E-state index in [1.54, 1.807) is 6.07 Å². The summed E-state index contributed by atoms with van der Waals surface area (Å²) in [7, 11) is 0. The number of thiophene rings is 1. The van der Waals surface area contributed by atoms with Crippen molar-refractivity contribution in [3.63, 3.8) is 0 Å². The van der Waals surface area contributed by atoms with Gasteiger partial charge >= 0.3 is 5.97 Å². The predicted octanol–water partition coefficient (Wildman–Crippen LogP) is 2.18. The molecular formula is C13H17BrN2O3S. The number of rotatable bonds is 6. The Labute approximate surface area is 130 Å². The molecule has 0 unspecified atom stereocenters. The lowest BCUT2D eigenvalue weighted by Gasteiger charge is -2.42. The van der Waals surface area contributed by atoms with E-state index >= 15 is 0 Å². The minimum atomic E-state index is -0.803. The molecule has 2 N–H and O–H groups in total. The Morgan fingerprint density at radius 1 is 1.50 bits per heavy atom. The number of carbonyl (C=O) groups is 2.